The number of hydrogen-bond acceptors (Lipinski definition) is 3. The summed E-state index contributed by atoms with van der Waals surface area (Å²) in [5.74, 6) is 1.78. The lowest BCUT2D eigenvalue weighted by Gasteiger charge is -2.06. The third-order valence-electron chi connectivity index (χ3n) is 4.59. The molecule has 3 rings (SSSR count). The van der Waals surface area contributed by atoms with Crippen molar-refractivity contribution < 1.29 is 13.9 Å². The van der Waals surface area contributed by atoms with Crippen molar-refractivity contribution in [2.45, 2.75) is 33.1 Å². The second-order valence-corrected chi connectivity index (χ2v) is 6.45. The van der Waals surface area contributed by atoms with Crippen molar-refractivity contribution in [2.24, 2.45) is 0 Å². The lowest BCUT2D eigenvalue weighted by molar-refractivity contribution is -0.118. The number of carbonyl (C=O) groups is 1. The van der Waals surface area contributed by atoms with Gasteiger partial charge in [-0.25, -0.2) is 0 Å². The van der Waals surface area contributed by atoms with Crippen molar-refractivity contribution in [2.75, 3.05) is 13.7 Å². The summed E-state index contributed by atoms with van der Waals surface area (Å²) >= 11 is 0. The maximum Gasteiger partial charge on any atom is 0.216 e. The molecule has 1 aromatic heterocycles. The van der Waals surface area contributed by atoms with Crippen molar-refractivity contribution in [3.05, 3.63) is 64.9 Å². The van der Waals surface area contributed by atoms with Gasteiger partial charge in [0.15, 0.2) is 0 Å². The maximum atomic E-state index is 11.2. The van der Waals surface area contributed by atoms with E-state index in [1.54, 1.807) is 14.0 Å². The number of methoxy groups -OCH3 is 1. The molecule has 0 fully saturated rings. The molecule has 0 unspecified atom stereocenters. The van der Waals surface area contributed by atoms with Gasteiger partial charge in [-0.1, -0.05) is 25.1 Å². The molecule has 0 radical (unpaired) electrons. The van der Waals surface area contributed by atoms with Gasteiger partial charge < -0.3 is 14.5 Å². The van der Waals surface area contributed by atoms with Crippen LogP contribution in [0.4, 0.5) is 0 Å². The van der Waals surface area contributed by atoms with Crippen molar-refractivity contribution in [3.63, 3.8) is 0 Å². The fourth-order valence-corrected chi connectivity index (χ4v) is 3.21. The fourth-order valence-electron chi connectivity index (χ4n) is 3.21. The number of nitrogens with one attached hydrogen (secondary N) is 1. The van der Waals surface area contributed by atoms with Gasteiger partial charge in [-0.2, -0.15) is 0 Å². The standard InChI is InChI=1S/C22H25NO3/c1-4-16-8-9-21-20(13-16)19(10-11-23-15(2)24)22(26-21)14-17-6-5-7-18(12-17)25-3/h5-9,12-13H,4,10-11,14H2,1-3H3,(H,23,24). The average molecular weight is 351 g/mol. The fraction of sp³-hybridized carbons (Fsp3) is 0.318. The highest BCUT2D eigenvalue weighted by Crippen LogP contribution is 2.30. The SMILES string of the molecule is CCc1ccc2oc(Cc3cccc(OC)c3)c(CCNC(C)=O)c2c1. The van der Waals surface area contributed by atoms with E-state index in [1.165, 1.54) is 11.1 Å². The Hall–Kier alpha value is -2.75. The Morgan fingerprint density at radius 3 is 2.73 bits per heavy atom. The molecule has 1 amide bonds. The highest BCUT2D eigenvalue weighted by atomic mass is 16.5. The number of hydrogen-bond donors (Lipinski definition) is 1. The highest BCUT2D eigenvalue weighted by molar-refractivity contribution is 5.83. The number of ether oxygens (including phenoxy) is 1. The van der Waals surface area contributed by atoms with E-state index < -0.39 is 0 Å². The van der Waals surface area contributed by atoms with E-state index in [0.717, 1.165) is 40.9 Å². The first-order valence-corrected chi connectivity index (χ1v) is 9.01. The van der Waals surface area contributed by atoms with E-state index in [1.807, 2.05) is 24.3 Å². The Morgan fingerprint density at radius 2 is 2.00 bits per heavy atom. The van der Waals surface area contributed by atoms with E-state index in [9.17, 15) is 4.79 Å². The molecular formula is C22H25NO3. The van der Waals surface area contributed by atoms with Gasteiger partial charge in [0.05, 0.1) is 7.11 Å². The number of carbonyl (C=O) groups excluding carboxylic acids is 1. The molecule has 0 spiro atoms. The van der Waals surface area contributed by atoms with Crippen LogP contribution in [0.2, 0.25) is 0 Å². The van der Waals surface area contributed by atoms with E-state index in [4.69, 9.17) is 9.15 Å². The third-order valence-corrected chi connectivity index (χ3v) is 4.59. The monoisotopic (exact) mass is 351 g/mol. The minimum Gasteiger partial charge on any atom is -0.497 e. The van der Waals surface area contributed by atoms with Crippen LogP contribution >= 0.6 is 0 Å². The third kappa shape index (κ3) is 4.07. The Labute approximate surface area is 154 Å². The Bertz CT molecular complexity index is 911. The van der Waals surface area contributed by atoms with Crippen LogP contribution in [0, 0.1) is 0 Å². The molecule has 4 heteroatoms. The van der Waals surface area contributed by atoms with E-state index in [2.05, 4.69) is 30.4 Å². The zero-order valence-corrected chi connectivity index (χ0v) is 15.6. The van der Waals surface area contributed by atoms with E-state index in [-0.39, 0.29) is 5.91 Å². The molecule has 0 bridgehead atoms. The summed E-state index contributed by atoms with van der Waals surface area (Å²) in [6.45, 7) is 4.29. The minimum atomic E-state index is -0.0126. The summed E-state index contributed by atoms with van der Waals surface area (Å²) < 4.78 is 11.5. The maximum absolute atomic E-state index is 11.2. The molecule has 0 aliphatic heterocycles. The second kappa shape index (κ2) is 8.09. The lowest BCUT2D eigenvalue weighted by Crippen LogP contribution is -2.22. The van der Waals surface area contributed by atoms with Crippen LogP contribution in [0.5, 0.6) is 5.75 Å². The summed E-state index contributed by atoms with van der Waals surface area (Å²) in [5.41, 5.74) is 4.50. The van der Waals surface area contributed by atoms with Gasteiger partial charge in [-0.15, -0.1) is 0 Å². The molecule has 0 atom stereocenters. The lowest BCUT2D eigenvalue weighted by atomic mass is 10.0. The van der Waals surface area contributed by atoms with Crippen molar-refractivity contribution in [3.8, 4) is 5.75 Å². The summed E-state index contributed by atoms with van der Waals surface area (Å²) in [5, 5.41) is 4.03. The summed E-state index contributed by atoms with van der Waals surface area (Å²) in [7, 11) is 1.67. The van der Waals surface area contributed by atoms with Crippen LogP contribution in [0.3, 0.4) is 0 Å². The van der Waals surface area contributed by atoms with Gasteiger partial charge >= 0.3 is 0 Å². The molecule has 3 aromatic rings. The normalized spacial score (nSPS) is 10.9. The van der Waals surface area contributed by atoms with Crippen molar-refractivity contribution in [1.82, 2.24) is 5.32 Å². The van der Waals surface area contributed by atoms with Gasteiger partial charge in [-0.3, -0.25) is 4.79 Å². The van der Waals surface area contributed by atoms with Gasteiger partial charge in [-0.05, 0) is 48.2 Å². The average Bonchev–Trinajstić information content (AvgIpc) is 2.98. The Kier molecular flexibility index (Phi) is 5.61. The predicted molar refractivity (Wildman–Crippen MR) is 104 cm³/mol. The smallest absolute Gasteiger partial charge is 0.216 e. The largest absolute Gasteiger partial charge is 0.497 e. The molecule has 1 heterocycles. The first-order valence-electron chi connectivity index (χ1n) is 9.01. The van der Waals surface area contributed by atoms with Crippen LogP contribution < -0.4 is 10.1 Å². The molecule has 136 valence electrons. The second-order valence-electron chi connectivity index (χ2n) is 6.45. The first-order chi connectivity index (χ1) is 12.6. The van der Waals surface area contributed by atoms with Gasteiger partial charge in [0.25, 0.3) is 0 Å². The number of fused-ring (bicyclic) bond motifs is 1. The highest BCUT2D eigenvalue weighted by Gasteiger charge is 2.15. The van der Waals surface area contributed by atoms with Crippen LogP contribution in [0.25, 0.3) is 11.0 Å². The molecule has 26 heavy (non-hydrogen) atoms. The van der Waals surface area contributed by atoms with E-state index >= 15 is 0 Å². The number of aryl methyl sites for hydroxylation is 1. The zero-order valence-electron chi connectivity index (χ0n) is 15.6. The van der Waals surface area contributed by atoms with Crippen LogP contribution in [-0.4, -0.2) is 19.6 Å². The number of furan rings is 1. The number of amides is 1. The number of benzene rings is 2. The molecular weight excluding hydrogens is 326 g/mol. The minimum absolute atomic E-state index is 0.0126. The predicted octanol–water partition coefficient (Wildman–Crippen LogP) is 4.27. The van der Waals surface area contributed by atoms with Gasteiger partial charge in [0.1, 0.15) is 17.1 Å². The molecule has 1 N–H and O–H groups in total. The van der Waals surface area contributed by atoms with Crippen molar-refractivity contribution >= 4 is 16.9 Å². The van der Waals surface area contributed by atoms with E-state index in [0.29, 0.717) is 13.0 Å². The quantitative estimate of drug-likeness (QED) is 0.691. The molecule has 0 aliphatic rings. The van der Waals surface area contributed by atoms with Crippen molar-refractivity contribution in [1.29, 1.82) is 0 Å². The Morgan fingerprint density at radius 1 is 1.15 bits per heavy atom. The summed E-state index contributed by atoms with van der Waals surface area (Å²) in [6.07, 6.45) is 2.43. The van der Waals surface area contributed by atoms with Gasteiger partial charge in [0, 0.05) is 30.8 Å². The summed E-state index contributed by atoms with van der Waals surface area (Å²) in [6, 6.07) is 14.4. The zero-order chi connectivity index (χ0) is 18.5. The number of rotatable bonds is 7. The molecule has 0 saturated heterocycles. The summed E-state index contributed by atoms with van der Waals surface area (Å²) in [4.78, 5) is 11.2. The van der Waals surface area contributed by atoms with Crippen LogP contribution in [-0.2, 0) is 24.1 Å². The molecule has 0 aliphatic carbocycles. The Balaban J connectivity index is 1.97. The first kappa shape index (κ1) is 18.1. The molecule has 0 saturated carbocycles. The molecule has 2 aromatic carbocycles. The van der Waals surface area contributed by atoms with Crippen LogP contribution in [0.1, 0.15) is 36.3 Å². The molecule has 4 nitrogen and oxygen atoms in total. The van der Waals surface area contributed by atoms with Crippen LogP contribution in [0.15, 0.2) is 46.9 Å². The topological polar surface area (TPSA) is 51.5 Å². The van der Waals surface area contributed by atoms with Gasteiger partial charge in [0.2, 0.25) is 5.91 Å².